The van der Waals surface area contributed by atoms with Crippen LogP contribution in [0.2, 0.25) is 0 Å². The van der Waals surface area contributed by atoms with Crippen molar-refractivity contribution in [1.29, 1.82) is 0 Å². The van der Waals surface area contributed by atoms with E-state index in [9.17, 15) is 10.1 Å². The molecule has 0 unspecified atom stereocenters. The SMILES string of the molecule is CCc1c(N)sc(-c2ccc([N+](=O)[O-])cc2)c1C. The van der Waals surface area contributed by atoms with Gasteiger partial charge in [-0.05, 0) is 42.2 Å². The first-order valence-electron chi connectivity index (χ1n) is 5.67. The van der Waals surface area contributed by atoms with E-state index < -0.39 is 4.92 Å². The maximum Gasteiger partial charge on any atom is 0.269 e. The van der Waals surface area contributed by atoms with Crippen LogP contribution in [-0.4, -0.2) is 4.92 Å². The molecule has 5 heteroatoms. The highest BCUT2D eigenvalue weighted by atomic mass is 32.1. The Bertz CT molecular complexity index is 588. The Morgan fingerprint density at radius 2 is 1.94 bits per heavy atom. The molecule has 0 amide bonds. The predicted octanol–water partition coefficient (Wildman–Crippen LogP) is 3.78. The minimum atomic E-state index is -0.392. The maximum atomic E-state index is 10.6. The van der Waals surface area contributed by atoms with Gasteiger partial charge in [-0.2, -0.15) is 0 Å². The van der Waals surface area contributed by atoms with Crippen LogP contribution in [0.5, 0.6) is 0 Å². The van der Waals surface area contributed by atoms with Gasteiger partial charge in [0.2, 0.25) is 0 Å². The zero-order valence-corrected chi connectivity index (χ0v) is 11.1. The van der Waals surface area contributed by atoms with Crippen LogP contribution >= 0.6 is 11.3 Å². The fourth-order valence-corrected chi connectivity index (χ4v) is 3.19. The molecule has 0 atom stereocenters. The third kappa shape index (κ3) is 2.09. The van der Waals surface area contributed by atoms with Gasteiger partial charge in [0, 0.05) is 17.0 Å². The Morgan fingerprint density at radius 1 is 1.33 bits per heavy atom. The highest BCUT2D eigenvalue weighted by molar-refractivity contribution is 7.19. The molecule has 4 nitrogen and oxygen atoms in total. The van der Waals surface area contributed by atoms with Crippen molar-refractivity contribution in [2.24, 2.45) is 0 Å². The van der Waals surface area contributed by atoms with Gasteiger partial charge in [0.25, 0.3) is 5.69 Å². The number of anilines is 1. The molecule has 18 heavy (non-hydrogen) atoms. The molecule has 2 aromatic rings. The number of nitro benzene ring substituents is 1. The van der Waals surface area contributed by atoms with Gasteiger partial charge in [-0.25, -0.2) is 0 Å². The number of nitrogen functional groups attached to an aromatic ring is 1. The van der Waals surface area contributed by atoms with Gasteiger partial charge in [0.15, 0.2) is 0 Å². The molecule has 0 saturated heterocycles. The first-order chi connectivity index (χ1) is 8.54. The largest absolute Gasteiger partial charge is 0.390 e. The lowest BCUT2D eigenvalue weighted by atomic mass is 10.1. The number of rotatable bonds is 3. The molecule has 0 aliphatic carbocycles. The van der Waals surface area contributed by atoms with E-state index in [1.54, 1.807) is 23.5 Å². The number of hydrogen-bond donors (Lipinski definition) is 1. The summed E-state index contributed by atoms with van der Waals surface area (Å²) in [6, 6.07) is 6.60. The van der Waals surface area contributed by atoms with E-state index in [0.29, 0.717) is 0 Å². The standard InChI is InChI=1S/C13H14N2O2S/c1-3-11-8(2)12(18-13(11)14)9-4-6-10(7-5-9)15(16)17/h4-7H,3,14H2,1-2H3. The average Bonchev–Trinajstić information content (AvgIpc) is 2.64. The minimum Gasteiger partial charge on any atom is -0.390 e. The fraction of sp³-hybridized carbons (Fsp3) is 0.231. The van der Waals surface area contributed by atoms with Crippen molar-refractivity contribution in [2.45, 2.75) is 20.3 Å². The van der Waals surface area contributed by atoms with E-state index in [4.69, 9.17) is 5.73 Å². The minimum absolute atomic E-state index is 0.108. The number of nitro groups is 1. The van der Waals surface area contributed by atoms with Crippen molar-refractivity contribution in [1.82, 2.24) is 0 Å². The van der Waals surface area contributed by atoms with Gasteiger partial charge in [-0.1, -0.05) is 6.92 Å². The van der Waals surface area contributed by atoms with Gasteiger partial charge in [0.05, 0.1) is 9.92 Å². The molecule has 1 aromatic heterocycles. The average molecular weight is 262 g/mol. The smallest absolute Gasteiger partial charge is 0.269 e. The van der Waals surface area contributed by atoms with Gasteiger partial charge in [0.1, 0.15) is 0 Å². The van der Waals surface area contributed by atoms with Crippen LogP contribution in [0, 0.1) is 17.0 Å². The van der Waals surface area contributed by atoms with Crippen LogP contribution in [0.3, 0.4) is 0 Å². The maximum absolute atomic E-state index is 10.6. The molecular formula is C13H14N2O2S. The Kier molecular flexibility index (Phi) is 3.34. The summed E-state index contributed by atoms with van der Waals surface area (Å²) < 4.78 is 0. The highest BCUT2D eigenvalue weighted by Crippen LogP contribution is 2.38. The summed E-state index contributed by atoms with van der Waals surface area (Å²) in [5.74, 6) is 0. The number of thiophene rings is 1. The summed E-state index contributed by atoms with van der Waals surface area (Å²) in [5, 5.41) is 11.4. The van der Waals surface area contributed by atoms with E-state index in [1.807, 2.05) is 6.92 Å². The Hall–Kier alpha value is -1.88. The lowest BCUT2D eigenvalue weighted by Crippen LogP contribution is -1.88. The summed E-state index contributed by atoms with van der Waals surface area (Å²) in [7, 11) is 0. The molecular weight excluding hydrogens is 248 g/mol. The lowest BCUT2D eigenvalue weighted by molar-refractivity contribution is -0.384. The van der Waals surface area contributed by atoms with E-state index in [1.165, 1.54) is 23.3 Å². The molecule has 1 heterocycles. The van der Waals surface area contributed by atoms with Crippen molar-refractivity contribution in [3.8, 4) is 10.4 Å². The molecule has 0 radical (unpaired) electrons. The summed E-state index contributed by atoms with van der Waals surface area (Å²) >= 11 is 1.54. The Labute approximate surface area is 109 Å². The van der Waals surface area contributed by atoms with E-state index in [-0.39, 0.29) is 5.69 Å². The Balaban J connectivity index is 2.46. The molecule has 2 rings (SSSR count). The van der Waals surface area contributed by atoms with Crippen LogP contribution in [0.15, 0.2) is 24.3 Å². The van der Waals surface area contributed by atoms with Gasteiger partial charge in [-0.3, -0.25) is 10.1 Å². The highest BCUT2D eigenvalue weighted by Gasteiger charge is 2.13. The van der Waals surface area contributed by atoms with E-state index in [0.717, 1.165) is 21.9 Å². The quantitative estimate of drug-likeness (QED) is 0.676. The zero-order chi connectivity index (χ0) is 13.3. The van der Waals surface area contributed by atoms with E-state index >= 15 is 0 Å². The summed E-state index contributed by atoms with van der Waals surface area (Å²) in [4.78, 5) is 11.3. The Morgan fingerprint density at radius 3 is 2.39 bits per heavy atom. The van der Waals surface area contributed by atoms with Crippen molar-refractivity contribution < 1.29 is 4.92 Å². The van der Waals surface area contributed by atoms with E-state index in [2.05, 4.69) is 6.92 Å². The second-order valence-electron chi connectivity index (χ2n) is 4.06. The van der Waals surface area contributed by atoms with Gasteiger partial charge < -0.3 is 5.73 Å². The molecule has 1 aromatic carbocycles. The number of non-ortho nitro benzene ring substituents is 1. The molecule has 0 fully saturated rings. The molecule has 2 N–H and O–H groups in total. The van der Waals surface area contributed by atoms with Gasteiger partial charge >= 0.3 is 0 Å². The second-order valence-corrected chi connectivity index (χ2v) is 5.11. The van der Waals surface area contributed by atoms with Crippen molar-refractivity contribution >= 4 is 22.0 Å². The number of benzene rings is 1. The molecule has 0 aliphatic heterocycles. The zero-order valence-electron chi connectivity index (χ0n) is 10.3. The summed E-state index contributed by atoms with van der Waals surface area (Å²) in [6.07, 6.45) is 0.904. The normalized spacial score (nSPS) is 10.6. The summed E-state index contributed by atoms with van der Waals surface area (Å²) in [6.45, 7) is 4.12. The fourth-order valence-electron chi connectivity index (χ4n) is 2.02. The van der Waals surface area contributed by atoms with Crippen molar-refractivity contribution in [3.05, 3.63) is 45.5 Å². The van der Waals surface area contributed by atoms with Gasteiger partial charge in [-0.15, -0.1) is 11.3 Å². The van der Waals surface area contributed by atoms with Crippen LogP contribution in [-0.2, 0) is 6.42 Å². The summed E-state index contributed by atoms with van der Waals surface area (Å²) in [5.41, 5.74) is 9.42. The van der Waals surface area contributed by atoms with Crippen LogP contribution in [0.4, 0.5) is 10.7 Å². The molecule has 94 valence electrons. The van der Waals surface area contributed by atoms with Crippen LogP contribution in [0.25, 0.3) is 10.4 Å². The van der Waals surface area contributed by atoms with Crippen LogP contribution in [0.1, 0.15) is 18.1 Å². The molecule has 0 aliphatic rings. The predicted molar refractivity (Wildman–Crippen MR) is 74.9 cm³/mol. The van der Waals surface area contributed by atoms with Crippen LogP contribution < -0.4 is 5.73 Å². The molecule has 0 spiro atoms. The topological polar surface area (TPSA) is 69.2 Å². The second kappa shape index (κ2) is 4.78. The third-order valence-corrected chi connectivity index (χ3v) is 4.21. The van der Waals surface area contributed by atoms with Crippen molar-refractivity contribution in [3.63, 3.8) is 0 Å². The number of nitrogens with two attached hydrogens (primary N) is 1. The molecule has 0 bridgehead atoms. The third-order valence-electron chi connectivity index (χ3n) is 3.00. The monoisotopic (exact) mass is 262 g/mol. The first kappa shape index (κ1) is 12.6. The number of hydrogen-bond acceptors (Lipinski definition) is 4. The lowest BCUT2D eigenvalue weighted by Gasteiger charge is -2.01. The number of nitrogens with zero attached hydrogens (tertiary/aromatic N) is 1. The molecule has 0 saturated carbocycles. The first-order valence-corrected chi connectivity index (χ1v) is 6.48. The van der Waals surface area contributed by atoms with Crippen molar-refractivity contribution in [2.75, 3.05) is 5.73 Å².